The molecule has 1 heterocycles. The molecule has 0 aliphatic carbocycles. The van der Waals surface area contributed by atoms with Crippen LogP contribution in [0.3, 0.4) is 0 Å². The molecule has 0 saturated heterocycles. The molecule has 3 N–H and O–H groups in total. The van der Waals surface area contributed by atoms with Crippen molar-refractivity contribution in [2.45, 2.75) is 20.0 Å². The van der Waals surface area contributed by atoms with Crippen molar-refractivity contribution < 1.29 is 9.94 Å². The zero-order valence-electron chi connectivity index (χ0n) is 10.7. The summed E-state index contributed by atoms with van der Waals surface area (Å²) in [6, 6.07) is 11.4. The first-order chi connectivity index (χ1) is 9.24. The van der Waals surface area contributed by atoms with Crippen LogP contribution < -0.4 is 10.5 Å². The number of oxime groups is 1. The average molecular weight is 276 g/mol. The van der Waals surface area contributed by atoms with E-state index < -0.39 is 0 Å². The molecule has 1 aromatic carbocycles. The number of nitrogens with two attached hydrogens (primary N) is 1. The van der Waals surface area contributed by atoms with Gasteiger partial charge in [0.1, 0.15) is 12.4 Å². The van der Waals surface area contributed by atoms with E-state index in [1.54, 1.807) is 17.4 Å². The summed E-state index contributed by atoms with van der Waals surface area (Å²) in [7, 11) is 0. The summed E-state index contributed by atoms with van der Waals surface area (Å²) >= 11 is 1.74. The van der Waals surface area contributed by atoms with E-state index in [4.69, 9.17) is 15.7 Å². The van der Waals surface area contributed by atoms with E-state index in [0.717, 1.165) is 11.3 Å². The van der Waals surface area contributed by atoms with E-state index in [2.05, 4.69) is 24.2 Å². The van der Waals surface area contributed by atoms with Gasteiger partial charge in [0.15, 0.2) is 5.84 Å². The van der Waals surface area contributed by atoms with E-state index >= 15 is 0 Å². The van der Waals surface area contributed by atoms with Gasteiger partial charge in [-0.1, -0.05) is 24.2 Å². The SMILES string of the molecule is CCc1ccc(COc2ccccc2/C(N)=N/O)s1. The fourth-order valence-corrected chi connectivity index (χ4v) is 2.57. The summed E-state index contributed by atoms with van der Waals surface area (Å²) < 4.78 is 5.74. The molecule has 2 aromatic rings. The molecule has 0 saturated carbocycles. The van der Waals surface area contributed by atoms with Gasteiger partial charge in [0.25, 0.3) is 0 Å². The third-order valence-corrected chi connectivity index (χ3v) is 3.91. The lowest BCUT2D eigenvalue weighted by atomic mass is 10.2. The second-order valence-electron chi connectivity index (χ2n) is 3.99. The quantitative estimate of drug-likeness (QED) is 0.382. The monoisotopic (exact) mass is 276 g/mol. The van der Waals surface area contributed by atoms with Crippen LogP contribution in [-0.4, -0.2) is 11.0 Å². The normalized spacial score (nSPS) is 11.5. The first-order valence-electron chi connectivity index (χ1n) is 6.02. The summed E-state index contributed by atoms with van der Waals surface area (Å²) in [6.45, 7) is 2.62. The smallest absolute Gasteiger partial charge is 0.173 e. The van der Waals surface area contributed by atoms with Crippen molar-refractivity contribution in [3.63, 3.8) is 0 Å². The number of ether oxygens (including phenoxy) is 1. The van der Waals surface area contributed by atoms with Gasteiger partial charge in [0.05, 0.1) is 5.56 Å². The van der Waals surface area contributed by atoms with Gasteiger partial charge in [0, 0.05) is 9.75 Å². The van der Waals surface area contributed by atoms with Crippen LogP contribution in [0.5, 0.6) is 5.75 Å². The number of nitrogens with zero attached hydrogens (tertiary/aromatic N) is 1. The van der Waals surface area contributed by atoms with Gasteiger partial charge in [0.2, 0.25) is 0 Å². The van der Waals surface area contributed by atoms with Crippen LogP contribution in [0.15, 0.2) is 41.6 Å². The Morgan fingerprint density at radius 3 is 2.68 bits per heavy atom. The van der Waals surface area contributed by atoms with Gasteiger partial charge in [-0.15, -0.1) is 11.3 Å². The summed E-state index contributed by atoms with van der Waals surface area (Å²) in [5, 5.41) is 11.8. The molecule has 0 unspecified atom stereocenters. The minimum Gasteiger partial charge on any atom is -0.487 e. The Bertz CT molecular complexity index is 578. The Kier molecular flexibility index (Phi) is 4.41. The first-order valence-corrected chi connectivity index (χ1v) is 6.83. The maximum atomic E-state index is 8.74. The molecule has 19 heavy (non-hydrogen) atoms. The molecule has 0 aliphatic heterocycles. The molecule has 0 atom stereocenters. The minimum absolute atomic E-state index is 0.0519. The largest absolute Gasteiger partial charge is 0.487 e. The Hall–Kier alpha value is -2.01. The van der Waals surface area contributed by atoms with Crippen molar-refractivity contribution in [2.75, 3.05) is 0 Å². The van der Waals surface area contributed by atoms with Gasteiger partial charge < -0.3 is 15.7 Å². The molecule has 4 nitrogen and oxygen atoms in total. The highest BCUT2D eigenvalue weighted by atomic mass is 32.1. The standard InChI is InChI=1S/C14H16N2O2S/c1-2-10-7-8-11(19-10)9-18-13-6-4-3-5-12(13)14(15)16-17/h3-8,17H,2,9H2,1H3,(H2,15,16). The van der Waals surface area contributed by atoms with Crippen molar-refractivity contribution in [3.05, 3.63) is 51.7 Å². The molecular weight excluding hydrogens is 260 g/mol. The van der Waals surface area contributed by atoms with E-state index in [1.165, 1.54) is 4.88 Å². The van der Waals surface area contributed by atoms with Gasteiger partial charge in [-0.2, -0.15) is 0 Å². The van der Waals surface area contributed by atoms with Crippen LogP contribution in [0.2, 0.25) is 0 Å². The second-order valence-corrected chi connectivity index (χ2v) is 5.24. The molecule has 100 valence electrons. The number of benzene rings is 1. The van der Waals surface area contributed by atoms with Crippen LogP contribution in [0.4, 0.5) is 0 Å². The van der Waals surface area contributed by atoms with Crippen molar-refractivity contribution in [1.29, 1.82) is 0 Å². The minimum atomic E-state index is 0.0519. The highest BCUT2D eigenvalue weighted by Crippen LogP contribution is 2.22. The summed E-state index contributed by atoms with van der Waals surface area (Å²) in [5.41, 5.74) is 6.21. The van der Waals surface area contributed by atoms with Gasteiger partial charge in [-0.3, -0.25) is 0 Å². The maximum absolute atomic E-state index is 8.74. The highest BCUT2D eigenvalue weighted by Gasteiger charge is 2.08. The Balaban J connectivity index is 2.11. The molecule has 2 rings (SSSR count). The lowest BCUT2D eigenvalue weighted by Gasteiger charge is -2.09. The topological polar surface area (TPSA) is 67.8 Å². The Labute approximate surface area is 116 Å². The van der Waals surface area contributed by atoms with Crippen molar-refractivity contribution >= 4 is 17.2 Å². The Morgan fingerprint density at radius 2 is 2.00 bits per heavy atom. The van der Waals surface area contributed by atoms with Crippen LogP contribution in [0.25, 0.3) is 0 Å². The van der Waals surface area contributed by atoms with E-state index in [0.29, 0.717) is 17.9 Å². The molecule has 0 spiro atoms. The molecule has 0 fully saturated rings. The van der Waals surface area contributed by atoms with E-state index in [9.17, 15) is 0 Å². The van der Waals surface area contributed by atoms with E-state index in [1.807, 2.05) is 18.2 Å². The molecular formula is C14H16N2O2S. The van der Waals surface area contributed by atoms with Crippen molar-refractivity contribution in [3.8, 4) is 5.75 Å². The van der Waals surface area contributed by atoms with Crippen LogP contribution >= 0.6 is 11.3 Å². The number of amidine groups is 1. The number of rotatable bonds is 5. The highest BCUT2D eigenvalue weighted by molar-refractivity contribution is 7.11. The lowest BCUT2D eigenvalue weighted by Crippen LogP contribution is -2.14. The second kappa shape index (κ2) is 6.24. The lowest BCUT2D eigenvalue weighted by molar-refractivity contribution is 0.306. The zero-order chi connectivity index (χ0) is 13.7. The van der Waals surface area contributed by atoms with Gasteiger partial charge >= 0.3 is 0 Å². The Morgan fingerprint density at radius 1 is 1.26 bits per heavy atom. The molecule has 0 radical (unpaired) electrons. The molecule has 5 heteroatoms. The number of hydrogen-bond donors (Lipinski definition) is 2. The third kappa shape index (κ3) is 3.26. The fourth-order valence-electron chi connectivity index (χ4n) is 1.70. The predicted molar refractivity (Wildman–Crippen MR) is 77.0 cm³/mol. The number of aryl methyl sites for hydroxylation is 1. The number of hydrogen-bond acceptors (Lipinski definition) is 4. The van der Waals surface area contributed by atoms with Crippen LogP contribution in [-0.2, 0) is 13.0 Å². The van der Waals surface area contributed by atoms with Gasteiger partial charge in [-0.05, 0) is 30.7 Å². The first kappa shape index (κ1) is 13.4. The van der Waals surface area contributed by atoms with E-state index in [-0.39, 0.29) is 5.84 Å². The molecule has 0 aliphatic rings. The fraction of sp³-hybridized carbons (Fsp3) is 0.214. The zero-order valence-corrected chi connectivity index (χ0v) is 11.5. The number of thiophene rings is 1. The number of para-hydroxylation sites is 1. The molecule has 0 amide bonds. The third-order valence-electron chi connectivity index (χ3n) is 2.71. The van der Waals surface area contributed by atoms with Crippen LogP contribution in [0.1, 0.15) is 22.2 Å². The molecule has 1 aromatic heterocycles. The van der Waals surface area contributed by atoms with Crippen molar-refractivity contribution in [2.24, 2.45) is 10.9 Å². The molecule has 0 bridgehead atoms. The summed E-state index contributed by atoms with van der Waals surface area (Å²) in [6.07, 6.45) is 1.03. The van der Waals surface area contributed by atoms with Crippen LogP contribution in [0, 0.1) is 0 Å². The summed E-state index contributed by atoms with van der Waals surface area (Å²) in [5.74, 6) is 0.667. The predicted octanol–water partition coefficient (Wildman–Crippen LogP) is 2.98. The van der Waals surface area contributed by atoms with Crippen molar-refractivity contribution in [1.82, 2.24) is 0 Å². The maximum Gasteiger partial charge on any atom is 0.173 e. The average Bonchev–Trinajstić information content (AvgIpc) is 2.92. The summed E-state index contributed by atoms with van der Waals surface area (Å²) in [4.78, 5) is 2.49. The van der Waals surface area contributed by atoms with Gasteiger partial charge in [-0.25, -0.2) is 0 Å².